The van der Waals surface area contributed by atoms with E-state index in [9.17, 15) is 4.39 Å². The van der Waals surface area contributed by atoms with Gasteiger partial charge < -0.3 is 5.32 Å². The SMILES string of the molecule is Fc1ccc(-c2csc3ncnc(NCCc4ccccc4)c23)cc1. The van der Waals surface area contributed by atoms with E-state index in [0.29, 0.717) is 0 Å². The predicted molar refractivity (Wildman–Crippen MR) is 101 cm³/mol. The Morgan fingerprint density at radius 1 is 0.960 bits per heavy atom. The summed E-state index contributed by atoms with van der Waals surface area (Å²) >= 11 is 1.57. The summed E-state index contributed by atoms with van der Waals surface area (Å²) in [6.45, 7) is 0.787. The highest BCUT2D eigenvalue weighted by Crippen LogP contribution is 2.36. The average Bonchev–Trinajstić information content (AvgIpc) is 3.08. The van der Waals surface area contributed by atoms with Crippen molar-refractivity contribution in [2.24, 2.45) is 0 Å². The maximum Gasteiger partial charge on any atom is 0.138 e. The van der Waals surface area contributed by atoms with E-state index in [1.54, 1.807) is 29.8 Å². The van der Waals surface area contributed by atoms with Crippen LogP contribution >= 0.6 is 11.3 Å². The van der Waals surface area contributed by atoms with E-state index in [-0.39, 0.29) is 5.82 Å². The minimum atomic E-state index is -0.235. The smallest absolute Gasteiger partial charge is 0.138 e. The van der Waals surface area contributed by atoms with Gasteiger partial charge in [0.05, 0.1) is 5.39 Å². The molecule has 0 unspecified atom stereocenters. The van der Waals surface area contributed by atoms with Gasteiger partial charge >= 0.3 is 0 Å². The minimum Gasteiger partial charge on any atom is -0.369 e. The Kier molecular flexibility index (Phi) is 4.39. The number of benzene rings is 2. The van der Waals surface area contributed by atoms with E-state index in [4.69, 9.17) is 0 Å². The van der Waals surface area contributed by atoms with Crippen LogP contribution in [-0.4, -0.2) is 16.5 Å². The molecule has 0 radical (unpaired) electrons. The van der Waals surface area contributed by atoms with Gasteiger partial charge in [-0.1, -0.05) is 42.5 Å². The molecule has 4 aromatic rings. The van der Waals surface area contributed by atoms with Crippen molar-refractivity contribution in [1.82, 2.24) is 9.97 Å². The van der Waals surface area contributed by atoms with Crippen LogP contribution in [0.1, 0.15) is 5.56 Å². The van der Waals surface area contributed by atoms with E-state index >= 15 is 0 Å². The first-order valence-electron chi connectivity index (χ1n) is 8.07. The molecule has 5 heteroatoms. The van der Waals surface area contributed by atoms with Crippen LogP contribution in [0.25, 0.3) is 21.3 Å². The number of thiophene rings is 1. The number of nitrogens with zero attached hydrogens (tertiary/aromatic N) is 2. The third kappa shape index (κ3) is 3.37. The normalized spacial score (nSPS) is 10.9. The number of anilines is 1. The summed E-state index contributed by atoms with van der Waals surface area (Å²) in [5.74, 6) is 0.585. The van der Waals surface area contributed by atoms with Gasteiger partial charge in [-0.15, -0.1) is 11.3 Å². The van der Waals surface area contributed by atoms with Gasteiger partial charge in [-0.3, -0.25) is 0 Å². The molecular weight excluding hydrogens is 333 g/mol. The third-order valence-corrected chi connectivity index (χ3v) is 4.96. The second-order valence-corrected chi connectivity index (χ2v) is 6.58. The van der Waals surface area contributed by atoms with E-state index in [2.05, 4.69) is 32.8 Å². The Labute approximate surface area is 149 Å². The topological polar surface area (TPSA) is 37.8 Å². The zero-order chi connectivity index (χ0) is 17.1. The maximum atomic E-state index is 13.2. The van der Waals surface area contributed by atoms with Crippen molar-refractivity contribution in [3.63, 3.8) is 0 Å². The van der Waals surface area contributed by atoms with Crippen molar-refractivity contribution in [3.05, 3.63) is 77.7 Å². The molecule has 2 aromatic carbocycles. The molecule has 0 aliphatic rings. The Morgan fingerprint density at radius 3 is 2.56 bits per heavy atom. The van der Waals surface area contributed by atoms with Gasteiger partial charge in [0.15, 0.2) is 0 Å². The van der Waals surface area contributed by atoms with Crippen molar-refractivity contribution < 1.29 is 4.39 Å². The second kappa shape index (κ2) is 6.99. The minimum absolute atomic E-state index is 0.235. The fourth-order valence-corrected chi connectivity index (χ4v) is 3.74. The lowest BCUT2D eigenvalue weighted by Crippen LogP contribution is -2.06. The largest absolute Gasteiger partial charge is 0.369 e. The molecule has 0 bridgehead atoms. The highest BCUT2D eigenvalue weighted by molar-refractivity contribution is 7.17. The zero-order valence-corrected chi connectivity index (χ0v) is 14.3. The first-order chi connectivity index (χ1) is 12.3. The molecule has 2 aromatic heterocycles. The fraction of sp³-hybridized carbons (Fsp3) is 0.100. The lowest BCUT2D eigenvalue weighted by atomic mass is 10.1. The van der Waals surface area contributed by atoms with Gasteiger partial charge in [-0.05, 0) is 29.7 Å². The molecule has 0 saturated carbocycles. The molecule has 2 heterocycles. The third-order valence-electron chi connectivity index (χ3n) is 4.07. The van der Waals surface area contributed by atoms with E-state index < -0.39 is 0 Å². The van der Waals surface area contributed by atoms with Crippen molar-refractivity contribution >= 4 is 27.4 Å². The van der Waals surface area contributed by atoms with Crippen molar-refractivity contribution in [2.45, 2.75) is 6.42 Å². The zero-order valence-electron chi connectivity index (χ0n) is 13.4. The van der Waals surface area contributed by atoms with E-state index in [1.807, 2.05) is 18.2 Å². The van der Waals surface area contributed by atoms with Crippen LogP contribution in [0.4, 0.5) is 10.2 Å². The standard InChI is InChI=1S/C20H16FN3S/c21-16-8-6-15(7-9-16)17-12-25-20-18(17)19(23-13-24-20)22-11-10-14-4-2-1-3-5-14/h1-9,12-13H,10-11H2,(H,22,23,24). The van der Waals surface area contributed by atoms with Gasteiger partial charge in [0, 0.05) is 17.5 Å². The van der Waals surface area contributed by atoms with Gasteiger partial charge in [0.2, 0.25) is 0 Å². The molecule has 25 heavy (non-hydrogen) atoms. The van der Waals surface area contributed by atoms with Crippen molar-refractivity contribution in [2.75, 3.05) is 11.9 Å². The Hall–Kier alpha value is -2.79. The molecule has 0 spiro atoms. The maximum absolute atomic E-state index is 13.2. The summed E-state index contributed by atoms with van der Waals surface area (Å²) in [4.78, 5) is 9.72. The van der Waals surface area contributed by atoms with Crippen LogP contribution in [0, 0.1) is 5.82 Å². The summed E-state index contributed by atoms with van der Waals surface area (Å²) in [6, 6.07) is 16.9. The number of aromatic nitrogens is 2. The quantitative estimate of drug-likeness (QED) is 0.541. The Balaban J connectivity index is 1.62. The molecule has 0 aliphatic carbocycles. The molecule has 0 saturated heterocycles. The van der Waals surface area contributed by atoms with Gasteiger partial charge in [0.25, 0.3) is 0 Å². The van der Waals surface area contributed by atoms with E-state index in [0.717, 1.165) is 40.1 Å². The summed E-state index contributed by atoms with van der Waals surface area (Å²) in [5.41, 5.74) is 3.28. The van der Waals surface area contributed by atoms with Crippen LogP contribution in [0.2, 0.25) is 0 Å². The van der Waals surface area contributed by atoms with Gasteiger partial charge in [0.1, 0.15) is 22.8 Å². The molecule has 0 fully saturated rings. The lowest BCUT2D eigenvalue weighted by Gasteiger charge is -2.08. The van der Waals surface area contributed by atoms with Crippen LogP contribution < -0.4 is 5.32 Å². The molecule has 0 amide bonds. The fourth-order valence-electron chi connectivity index (χ4n) is 2.82. The number of hydrogen-bond acceptors (Lipinski definition) is 4. The monoisotopic (exact) mass is 349 g/mol. The molecule has 0 atom stereocenters. The number of rotatable bonds is 5. The second-order valence-electron chi connectivity index (χ2n) is 5.72. The number of nitrogens with one attached hydrogen (secondary N) is 1. The van der Waals surface area contributed by atoms with E-state index in [1.165, 1.54) is 17.7 Å². The molecular formula is C20H16FN3S. The number of fused-ring (bicyclic) bond motifs is 1. The van der Waals surface area contributed by atoms with Crippen LogP contribution in [0.5, 0.6) is 0 Å². The lowest BCUT2D eigenvalue weighted by molar-refractivity contribution is 0.628. The first kappa shape index (κ1) is 15.7. The molecule has 4 rings (SSSR count). The van der Waals surface area contributed by atoms with Crippen LogP contribution in [0.15, 0.2) is 66.3 Å². The molecule has 124 valence electrons. The summed E-state index contributed by atoms with van der Waals surface area (Å²) in [6.07, 6.45) is 2.50. The van der Waals surface area contributed by atoms with Gasteiger partial charge in [-0.25, -0.2) is 14.4 Å². The molecule has 0 aliphatic heterocycles. The molecule has 1 N–H and O–H groups in total. The van der Waals surface area contributed by atoms with Crippen LogP contribution in [-0.2, 0) is 6.42 Å². The molecule has 3 nitrogen and oxygen atoms in total. The van der Waals surface area contributed by atoms with Crippen LogP contribution in [0.3, 0.4) is 0 Å². The predicted octanol–water partition coefficient (Wildman–Crippen LogP) is 5.15. The Morgan fingerprint density at radius 2 is 1.76 bits per heavy atom. The summed E-state index contributed by atoms with van der Waals surface area (Å²) in [7, 11) is 0. The number of halogens is 1. The first-order valence-corrected chi connectivity index (χ1v) is 8.95. The van der Waals surface area contributed by atoms with Crippen molar-refractivity contribution in [3.8, 4) is 11.1 Å². The number of hydrogen-bond donors (Lipinski definition) is 1. The summed E-state index contributed by atoms with van der Waals surface area (Å²) in [5, 5.41) is 6.47. The highest BCUT2D eigenvalue weighted by atomic mass is 32.1. The Bertz CT molecular complexity index is 981. The van der Waals surface area contributed by atoms with Crippen molar-refractivity contribution in [1.29, 1.82) is 0 Å². The summed E-state index contributed by atoms with van der Waals surface area (Å²) < 4.78 is 13.2. The van der Waals surface area contributed by atoms with Gasteiger partial charge in [-0.2, -0.15) is 0 Å². The highest BCUT2D eigenvalue weighted by Gasteiger charge is 2.13. The average molecular weight is 349 g/mol.